The van der Waals surface area contributed by atoms with E-state index in [1.807, 2.05) is 6.07 Å². The predicted molar refractivity (Wildman–Crippen MR) is 196 cm³/mol. The first-order chi connectivity index (χ1) is 23.3. The molecule has 0 unspecified atom stereocenters. The molecule has 0 aliphatic rings. The third-order valence-corrected chi connectivity index (χ3v) is 9.43. The zero-order valence-electron chi connectivity index (χ0n) is 25.4. The first-order valence-corrected chi connectivity index (χ1v) is 15.9. The Balaban J connectivity index is 1.24. The fourth-order valence-corrected chi connectivity index (χ4v) is 7.34. The summed E-state index contributed by atoms with van der Waals surface area (Å²) < 4.78 is 13.3. The molecule has 0 saturated heterocycles. The molecule has 0 fully saturated rings. The van der Waals surface area contributed by atoms with Crippen LogP contribution in [0.3, 0.4) is 0 Å². The smallest absolute Gasteiger partial charge is 0.143 e. The number of anilines is 3. The molecule has 2 heterocycles. The highest BCUT2D eigenvalue weighted by molar-refractivity contribution is 6.28. The van der Waals surface area contributed by atoms with Crippen molar-refractivity contribution in [3.8, 4) is 11.1 Å². The van der Waals surface area contributed by atoms with Crippen LogP contribution in [0.5, 0.6) is 0 Å². The summed E-state index contributed by atoms with van der Waals surface area (Å²) >= 11 is 0. The molecule has 0 saturated carbocycles. The zero-order chi connectivity index (χ0) is 30.9. The van der Waals surface area contributed by atoms with Crippen molar-refractivity contribution >= 4 is 82.5 Å². The van der Waals surface area contributed by atoms with Gasteiger partial charge >= 0.3 is 0 Å². The fourth-order valence-electron chi connectivity index (χ4n) is 7.34. The molecule has 10 aromatic rings. The van der Waals surface area contributed by atoms with E-state index in [2.05, 4.69) is 163 Å². The minimum Gasteiger partial charge on any atom is -0.456 e. The van der Waals surface area contributed by atoms with E-state index < -0.39 is 0 Å². The maximum absolute atomic E-state index is 6.69. The zero-order valence-corrected chi connectivity index (χ0v) is 25.4. The van der Waals surface area contributed by atoms with Gasteiger partial charge in [-0.15, -0.1) is 0 Å². The van der Waals surface area contributed by atoms with Crippen LogP contribution in [0.25, 0.3) is 76.5 Å². The summed E-state index contributed by atoms with van der Waals surface area (Å²) in [4.78, 5) is 2.32. The monoisotopic (exact) mass is 601 g/mol. The highest BCUT2D eigenvalue weighted by Gasteiger charge is 2.22. The quantitative estimate of drug-likeness (QED) is 0.201. The Morgan fingerprint density at radius 3 is 1.94 bits per heavy atom. The number of benzene rings is 8. The van der Waals surface area contributed by atoms with Gasteiger partial charge in [0.1, 0.15) is 22.3 Å². The topological polar surface area (TPSA) is 29.5 Å². The maximum Gasteiger partial charge on any atom is 0.143 e. The van der Waals surface area contributed by atoms with Crippen LogP contribution in [0.4, 0.5) is 17.1 Å². The molecular formula is C44H27NO2. The van der Waals surface area contributed by atoms with E-state index >= 15 is 0 Å². The predicted octanol–water partition coefficient (Wildman–Crippen LogP) is 12.9. The van der Waals surface area contributed by atoms with Crippen molar-refractivity contribution < 1.29 is 8.83 Å². The second-order valence-electron chi connectivity index (χ2n) is 12.1. The van der Waals surface area contributed by atoms with Gasteiger partial charge in [0.2, 0.25) is 0 Å². The lowest BCUT2D eigenvalue weighted by atomic mass is 9.98. The number of para-hydroxylation sites is 2. The van der Waals surface area contributed by atoms with Crippen LogP contribution in [0, 0.1) is 0 Å². The molecule has 0 aliphatic heterocycles. The molecule has 3 nitrogen and oxygen atoms in total. The molecule has 0 N–H and O–H groups in total. The van der Waals surface area contributed by atoms with Crippen LogP contribution in [0.1, 0.15) is 0 Å². The Labute approximate surface area is 270 Å². The van der Waals surface area contributed by atoms with Crippen LogP contribution in [0.15, 0.2) is 173 Å². The van der Waals surface area contributed by atoms with Gasteiger partial charge in [-0.05, 0) is 52.1 Å². The lowest BCUT2D eigenvalue weighted by Gasteiger charge is -2.27. The van der Waals surface area contributed by atoms with Crippen LogP contribution >= 0.6 is 0 Å². The second-order valence-corrected chi connectivity index (χ2v) is 12.1. The standard InChI is InChI=1S/C44H27NO2/c1-3-12-28(13-4-1)33-20-11-21-37-35-24-23-31(26-40(35)47-44(33)37)45(30-15-5-2-6-16-30)38-27-41-43(36-19-10-9-18-34(36)38)42-32-17-8-7-14-29(32)22-25-39(42)46-41/h1-27H. The molecular weight excluding hydrogens is 574 g/mol. The Bertz CT molecular complexity index is 2790. The van der Waals surface area contributed by atoms with Crippen LogP contribution in [0.2, 0.25) is 0 Å². The maximum atomic E-state index is 6.69. The van der Waals surface area contributed by atoms with Gasteiger partial charge in [0.25, 0.3) is 0 Å². The minimum absolute atomic E-state index is 0.849. The average molecular weight is 602 g/mol. The Morgan fingerprint density at radius 1 is 0.383 bits per heavy atom. The first-order valence-electron chi connectivity index (χ1n) is 15.9. The van der Waals surface area contributed by atoms with Gasteiger partial charge in [-0.2, -0.15) is 0 Å². The minimum atomic E-state index is 0.849. The molecule has 0 aliphatic carbocycles. The fraction of sp³-hybridized carbons (Fsp3) is 0. The van der Waals surface area contributed by atoms with Gasteiger partial charge < -0.3 is 13.7 Å². The van der Waals surface area contributed by atoms with E-state index in [9.17, 15) is 0 Å². The summed E-state index contributed by atoms with van der Waals surface area (Å²) in [6, 6.07) is 57.6. The SMILES string of the molecule is c1ccc(-c2cccc3c2oc2cc(N(c4ccccc4)c4cc5oc6ccc7ccccc7c6c5c5ccccc45)ccc23)cc1. The van der Waals surface area contributed by atoms with Gasteiger partial charge in [0.05, 0.1) is 5.69 Å². The molecule has 0 atom stereocenters. The molecule has 2 aromatic heterocycles. The molecule has 3 heteroatoms. The largest absolute Gasteiger partial charge is 0.456 e. The van der Waals surface area contributed by atoms with Gasteiger partial charge in [0, 0.05) is 56.0 Å². The van der Waals surface area contributed by atoms with E-state index in [1.165, 1.54) is 10.8 Å². The third-order valence-electron chi connectivity index (χ3n) is 9.43. The van der Waals surface area contributed by atoms with E-state index in [-0.39, 0.29) is 0 Å². The number of nitrogens with zero attached hydrogens (tertiary/aromatic N) is 1. The number of rotatable bonds is 4. The normalized spacial score (nSPS) is 11.8. The molecule has 220 valence electrons. The van der Waals surface area contributed by atoms with Gasteiger partial charge in [-0.25, -0.2) is 0 Å². The Hall–Kier alpha value is -6.32. The van der Waals surface area contributed by atoms with Crippen molar-refractivity contribution in [3.05, 3.63) is 164 Å². The molecule has 47 heavy (non-hydrogen) atoms. The van der Waals surface area contributed by atoms with Gasteiger partial charge in [-0.3, -0.25) is 0 Å². The summed E-state index contributed by atoms with van der Waals surface area (Å²) in [7, 11) is 0. The van der Waals surface area contributed by atoms with Crippen molar-refractivity contribution in [2.45, 2.75) is 0 Å². The van der Waals surface area contributed by atoms with Crippen molar-refractivity contribution in [2.75, 3.05) is 4.90 Å². The average Bonchev–Trinajstić information content (AvgIpc) is 3.71. The Morgan fingerprint density at radius 2 is 1.09 bits per heavy atom. The lowest BCUT2D eigenvalue weighted by molar-refractivity contribution is 0.669. The van der Waals surface area contributed by atoms with Crippen LogP contribution < -0.4 is 4.90 Å². The number of hydrogen-bond acceptors (Lipinski definition) is 3. The first kappa shape index (κ1) is 26.0. The second kappa shape index (κ2) is 10.1. The van der Waals surface area contributed by atoms with E-state index in [0.717, 1.165) is 82.8 Å². The highest BCUT2D eigenvalue weighted by Crippen LogP contribution is 2.47. The highest BCUT2D eigenvalue weighted by atomic mass is 16.3. The molecule has 0 bridgehead atoms. The molecule has 8 aromatic carbocycles. The van der Waals surface area contributed by atoms with Crippen molar-refractivity contribution in [1.82, 2.24) is 0 Å². The molecule has 0 spiro atoms. The number of fused-ring (bicyclic) bond motifs is 10. The lowest BCUT2D eigenvalue weighted by Crippen LogP contribution is -2.10. The summed E-state index contributed by atoms with van der Waals surface area (Å²) in [5, 5.41) is 9.22. The summed E-state index contributed by atoms with van der Waals surface area (Å²) in [6.45, 7) is 0. The van der Waals surface area contributed by atoms with Gasteiger partial charge in [0.15, 0.2) is 0 Å². The van der Waals surface area contributed by atoms with Crippen molar-refractivity contribution in [2.24, 2.45) is 0 Å². The van der Waals surface area contributed by atoms with Crippen molar-refractivity contribution in [1.29, 1.82) is 0 Å². The Kier molecular flexibility index (Phi) is 5.57. The van der Waals surface area contributed by atoms with E-state index in [1.54, 1.807) is 0 Å². The van der Waals surface area contributed by atoms with Crippen LogP contribution in [-0.4, -0.2) is 0 Å². The van der Waals surface area contributed by atoms with E-state index in [0.29, 0.717) is 0 Å². The van der Waals surface area contributed by atoms with Gasteiger partial charge in [-0.1, -0.05) is 121 Å². The molecule has 0 amide bonds. The third kappa shape index (κ3) is 3.93. The van der Waals surface area contributed by atoms with E-state index in [4.69, 9.17) is 8.83 Å². The summed E-state index contributed by atoms with van der Waals surface area (Å²) in [5.41, 5.74) is 8.85. The van der Waals surface area contributed by atoms with Crippen molar-refractivity contribution in [3.63, 3.8) is 0 Å². The molecule has 10 rings (SSSR count). The summed E-state index contributed by atoms with van der Waals surface area (Å²) in [6.07, 6.45) is 0. The molecule has 0 radical (unpaired) electrons. The number of hydrogen-bond donors (Lipinski definition) is 0. The number of furan rings is 2. The summed E-state index contributed by atoms with van der Waals surface area (Å²) in [5.74, 6) is 0. The van der Waals surface area contributed by atoms with Crippen LogP contribution in [-0.2, 0) is 0 Å².